The second kappa shape index (κ2) is 8.35. The number of piperidine rings is 2. The van der Waals surface area contributed by atoms with E-state index in [-0.39, 0.29) is 17.7 Å². The van der Waals surface area contributed by atoms with Gasteiger partial charge in [0, 0.05) is 37.7 Å². The lowest BCUT2D eigenvalue weighted by Gasteiger charge is -2.36. The number of hydrogen-bond acceptors (Lipinski definition) is 4. The van der Waals surface area contributed by atoms with Gasteiger partial charge in [-0.2, -0.15) is 5.10 Å². The van der Waals surface area contributed by atoms with Gasteiger partial charge in [0.25, 0.3) is 5.91 Å². The highest BCUT2D eigenvalue weighted by Gasteiger charge is 2.31. The van der Waals surface area contributed by atoms with Crippen LogP contribution >= 0.6 is 0 Å². The number of benzene rings is 1. The summed E-state index contributed by atoms with van der Waals surface area (Å²) in [5.74, 6) is 1.11. The van der Waals surface area contributed by atoms with E-state index in [1.54, 1.807) is 11.0 Å². The Bertz CT molecular complexity index is 863. The fraction of sp³-hybridized carbons (Fsp3) is 0.545. The molecule has 7 nitrogen and oxygen atoms in total. The van der Waals surface area contributed by atoms with Crippen LogP contribution in [0.25, 0.3) is 5.69 Å². The summed E-state index contributed by atoms with van der Waals surface area (Å²) in [6.45, 7) is 7.28. The van der Waals surface area contributed by atoms with E-state index in [1.807, 2.05) is 34.9 Å². The minimum Gasteiger partial charge on any atom is -0.342 e. The maximum absolute atomic E-state index is 13.0. The summed E-state index contributed by atoms with van der Waals surface area (Å²) in [6.07, 6.45) is 6.86. The predicted molar refractivity (Wildman–Crippen MR) is 110 cm³/mol. The van der Waals surface area contributed by atoms with Gasteiger partial charge in [-0.1, -0.05) is 6.92 Å². The molecule has 1 aromatic heterocycles. The highest BCUT2D eigenvalue weighted by Crippen LogP contribution is 2.25. The van der Waals surface area contributed by atoms with Crippen LogP contribution in [0.1, 0.15) is 48.5 Å². The standard InChI is InChI=1S/C22H29N5O2/c1-16-5-9-25(10-6-16)21(28)18-7-11-26(12-8-18)22(29)19-3-4-20(17(2)13-19)27-15-23-14-24-27/h3-4,13-16,18H,5-12H2,1-2H3. The van der Waals surface area contributed by atoms with E-state index < -0.39 is 0 Å². The lowest BCUT2D eigenvalue weighted by atomic mass is 9.92. The first-order chi connectivity index (χ1) is 14.0. The number of carbonyl (C=O) groups excluding carboxylic acids is 2. The average Bonchev–Trinajstić information content (AvgIpc) is 3.28. The van der Waals surface area contributed by atoms with Gasteiger partial charge in [0.05, 0.1) is 5.69 Å². The SMILES string of the molecule is Cc1cc(C(=O)N2CCC(C(=O)N3CCC(C)CC3)CC2)ccc1-n1cncn1. The summed E-state index contributed by atoms with van der Waals surface area (Å²) >= 11 is 0. The van der Waals surface area contributed by atoms with E-state index in [1.165, 1.54) is 6.33 Å². The van der Waals surface area contributed by atoms with E-state index in [9.17, 15) is 9.59 Å². The molecule has 0 saturated carbocycles. The summed E-state index contributed by atoms with van der Waals surface area (Å²) in [5.41, 5.74) is 2.58. The van der Waals surface area contributed by atoms with Crippen LogP contribution in [0.2, 0.25) is 0 Å². The molecular weight excluding hydrogens is 366 g/mol. The Morgan fingerprint density at radius 1 is 1.00 bits per heavy atom. The third kappa shape index (κ3) is 4.18. The fourth-order valence-corrected chi connectivity index (χ4v) is 4.38. The van der Waals surface area contributed by atoms with Crippen LogP contribution in [0.15, 0.2) is 30.9 Å². The highest BCUT2D eigenvalue weighted by molar-refractivity contribution is 5.95. The zero-order valence-electron chi connectivity index (χ0n) is 17.3. The second-order valence-electron chi connectivity index (χ2n) is 8.42. The molecule has 1 aromatic carbocycles. The first-order valence-corrected chi connectivity index (χ1v) is 10.6. The van der Waals surface area contributed by atoms with Crippen molar-refractivity contribution in [2.75, 3.05) is 26.2 Å². The normalized spacial score (nSPS) is 18.8. The summed E-state index contributed by atoms with van der Waals surface area (Å²) in [6, 6.07) is 5.66. The van der Waals surface area contributed by atoms with Gasteiger partial charge < -0.3 is 9.80 Å². The van der Waals surface area contributed by atoms with Crippen molar-refractivity contribution in [2.24, 2.45) is 11.8 Å². The van der Waals surface area contributed by atoms with Gasteiger partial charge in [0.15, 0.2) is 0 Å². The smallest absolute Gasteiger partial charge is 0.253 e. The number of carbonyl (C=O) groups is 2. The first kappa shape index (κ1) is 19.6. The van der Waals surface area contributed by atoms with E-state index >= 15 is 0 Å². The molecule has 154 valence electrons. The lowest BCUT2D eigenvalue weighted by molar-refractivity contribution is -0.138. The van der Waals surface area contributed by atoms with Crippen molar-refractivity contribution >= 4 is 11.8 Å². The van der Waals surface area contributed by atoms with E-state index in [2.05, 4.69) is 17.0 Å². The first-order valence-electron chi connectivity index (χ1n) is 10.6. The molecular formula is C22H29N5O2. The quantitative estimate of drug-likeness (QED) is 0.801. The molecule has 0 spiro atoms. The van der Waals surface area contributed by atoms with Crippen molar-refractivity contribution in [2.45, 2.75) is 39.5 Å². The maximum Gasteiger partial charge on any atom is 0.253 e. The lowest BCUT2D eigenvalue weighted by Crippen LogP contribution is -2.46. The Morgan fingerprint density at radius 2 is 1.69 bits per heavy atom. The van der Waals surface area contributed by atoms with Gasteiger partial charge in [-0.05, 0) is 62.3 Å². The summed E-state index contributed by atoms with van der Waals surface area (Å²) in [5, 5.41) is 4.15. The molecule has 3 heterocycles. The number of nitrogens with zero attached hydrogens (tertiary/aromatic N) is 5. The largest absolute Gasteiger partial charge is 0.342 e. The number of hydrogen-bond donors (Lipinski definition) is 0. The molecule has 0 bridgehead atoms. The Kier molecular flexibility index (Phi) is 5.65. The number of aromatic nitrogens is 3. The number of likely N-dealkylation sites (tertiary alicyclic amines) is 2. The summed E-state index contributed by atoms with van der Waals surface area (Å²) in [4.78, 5) is 33.7. The highest BCUT2D eigenvalue weighted by atomic mass is 16.2. The molecule has 0 aliphatic carbocycles. The predicted octanol–water partition coefficient (Wildman–Crippen LogP) is 2.69. The third-order valence-corrected chi connectivity index (χ3v) is 6.34. The molecule has 4 rings (SSSR count). The van der Waals surface area contributed by atoms with E-state index in [0.717, 1.165) is 55.9 Å². The Labute approximate surface area is 171 Å². The van der Waals surface area contributed by atoms with Crippen molar-refractivity contribution in [3.05, 3.63) is 42.0 Å². The molecule has 2 saturated heterocycles. The number of amides is 2. The summed E-state index contributed by atoms with van der Waals surface area (Å²) < 4.78 is 1.70. The van der Waals surface area contributed by atoms with Crippen LogP contribution in [-0.2, 0) is 4.79 Å². The number of aryl methyl sites for hydroxylation is 1. The molecule has 2 aromatic rings. The van der Waals surface area contributed by atoms with E-state index in [4.69, 9.17) is 0 Å². The van der Waals surface area contributed by atoms with Gasteiger partial charge in [-0.15, -0.1) is 0 Å². The van der Waals surface area contributed by atoms with Gasteiger partial charge in [0.2, 0.25) is 5.91 Å². The minimum absolute atomic E-state index is 0.0379. The molecule has 2 aliphatic heterocycles. The monoisotopic (exact) mass is 395 g/mol. The molecule has 0 unspecified atom stereocenters. The third-order valence-electron chi connectivity index (χ3n) is 6.34. The molecule has 2 amide bonds. The van der Waals surface area contributed by atoms with Crippen molar-refractivity contribution in [3.8, 4) is 5.69 Å². The zero-order valence-corrected chi connectivity index (χ0v) is 17.3. The second-order valence-corrected chi connectivity index (χ2v) is 8.42. The van der Waals surface area contributed by atoms with Crippen LogP contribution in [0.5, 0.6) is 0 Å². The van der Waals surface area contributed by atoms with Crippen molar-refractivity contribution in [1.82, 2.24) is 24.6 Å². The van der Waals surface area contributed by atoms with Crippen molar-refractivity contribution in [3.63, 3.8) is 0 Å². The van der Waals surface area contributed by atoms with Crippen LogP contribution in [0, 0.1) is 18.8 Å². The van der Waals surface area contributed by atoms with Gasteiger partial charge in [-0.25, -0.2) is 9.67 Å². The Balaban J connectivity index is 1.35. The van der Waals surface area contributed by atoms with Gasteiger partial charge in [0.1, 0.15) is 12.7 Å². The van der Waals surface area contributed by atoms with Crippen LogP contribution < -0.4 is 0 Å². The van der Waals surface area contributed by atoms with Crippen LogP contribution in [-0.4, -0.2) is 62.6 Å². The topological polar surface area (TPSA) is 71.3 Å². The molecule has 2 fully saturated rings. The average molecular weight is 396 g/mol. The number of rotatable bonds is 3. The molecule has 0 atom stereocenters. The van der Waals surface area contributed by atoms with Crippen molar-refractivity contribution < 1.29 is 9.59 Å². The Hall–Kier alpha value is -2.70. The van der Waals surface area contributed by atoms with Crippen LogP contribution in [0.3, 0.4) is 0 Å². The Morgan fingerprint density at radius 3 is 2.31 bits per heavy atom. The van der Waals surface area contributed by atoms with Gasteiger partial charge >= 0.3 is 0 Å². The fourth-order valence-electron chi connectivity index (χ4n) is 4.38. The molecule has 0 radical (unpaired) electrons. The minimum atomic E-state index is 0.0379. The van der Waals surface area contributed by atoms with E-state index in [0.29, 0.717) is 18.7 Å². The molecule has 29 heavy (non-hydrogen) atoms. The van der Waals surface area contributed by atoms with Crippen molar-refractivity contribution in [1.29, 1.82) is 0 Å². The zero-order chi connectivity index (χ0) is 20.4. The molecule has 0 N–H and O–H groups in total. The molecule has 2 aliphatic rings. The van der Waals surface area contributed by atoms with Gasteiger partial charge in [-0.3, -0.25) is 9.59 Å². The summed E-state index contributed by atoms with van der Waals surface area (Å²) in [7, 11) is 0. The maximum atomic E-state index is 13.0. The molecule has 7 heteroatoms. The van der Waals surface area contributed by atoms with Crippen LogP contribution in [0.4, 0.5) is 0 Å².